The highest BCUT2D eigenvalue weighted by molar-refractivity contribution is 6.35. The Morgan fingerprint density at radius 1 is 1.12 bits per heavy atom. The minimum Gasteiger partial charge on any atom is -0.351 e. The van der Waals surface area contributed by atoms with E-state index in [0.29, 0.717) is 27.8 Å². The first-order valence-electron chi connectivity index (χ1n) is 8.02. The van der Waals surface area contributed by atoms with Crippen LogP contribution in [0.5, 0.6) is 0 Å². The third kappa shape index (κ3) is 3.81. The normalized spacial score (nSPS) is 10.7. The van der Waals surface area contributed by atoms with Gasteiger partial charge < -0.3 is 10.6 Å². The van der Waals surface area contributed by atoms with Gasteiger partial charge in [0.25, 0.3) is 11.8 Å². The maximum absolute atomic E-state index is 12.7. The van der Waals surface area contributed by atoms with E-state index in [1.54, 1.807) is 47.0 Å². The summed E-state index contributed by atoms with van der Waals surface area (Å²) < 4.78 is 1.57. The first kappa shape index (κ1) is 18.2. The molecule has 134 valence electrons. The molecule has 0 spiro atoms. The number of hydrogen-bond donors (Lipinski definition) is 2. The molecule has 3 aromatic rings. The Bertz CT molecular complexity index is 964. The number of benzene rings is 1. The summed E-state index contributed by atoms with van der Waals surface area (Å²) in [6, 6.07) is 10.0. The van der Waals surface area contributed by atoms with E-state index >= 15 is 0 Å². The van der Waals surface area contributed by atoms with Crippen LogP contribution in [0.4, 0.5) is 5.69 Å². The molecule has 0 fully saturated rings. The molecule has 2 amide bonds. The number of amides is 2. The van der Waals surface area contributed by atoms with Crippen molar-refractivity contribution in [3.8, 4) is 0 Å². The monoisotopic (exact) mass is 390 g/mol. The molecular formula is C18H16Cl2N4O2. The standard InChI is InChI=1S/C18H16Cl2N4O2/c1-2-6-21-17(25)15-14-5-3-4-7-24(14)16(23-15)18(26)22-13-9-11(19)8-12(20)10-13/h3-5,7-10H,2,6H2,1H3,(H,21,25)(H,22,26). The molecule has 3 rings (SSSR count). The molecule has 2 heterocycles. The summed E-state index contributed by atoms with van der Waals surface area (Å²) in [4.78, 5) is 29.3. The number of nitrogens with one attached hydrogen (secondary N) is 2. The molecule has 1 aromatic carbocycles. The zero-order valence-corrected chi connectivity index (χ0v) is 15.4. The summed E-state index contributed by atoms with van der Waals surface area (Å²) in [6.45, 7) is 2.49. The molecule has 0 aliphatic heterocycles. The third-order valence-electron chi connectivity index (χ3n) is 3.62. The summed E-state index contributed by atoms with van der Waals surface area (Å²) in [5.41, 5.74) is 1.20. The maximum atomic E-state index is 12.7. The van der Waals surface area contributed by atoms with Crippen molar-refractivity contribution < 1.29 is 9.59 Å². The molecule has 0 aliphatic carbocycles. The summed E-state index contributed by atoms with van der Waals surface area (Å²) in [6.07, 6.45) is 2.49. The molecular weight excluding hydrogens is 375 g/mol. The van der Waals surface area contributed by atoms with E-state index in [1.165, 1.54) is 0 Å². The number of carbonyl (C=O) groups excluding carboxylic acids is 2. The number of carbonyl (C=O) groups is 2. The van der Waals surface area contributed by atoms with Crippen LogP contribution < -0.4 is 10.6 Å². The minimum absolute atomic E-state index is 0.0957. The van der Waals surface area contributed by atoms with Gasteiger partial charge in [-0.25, -0.2) is 4.98 Å². The lowest BCUT2D eigenvalue weighted by Gasteiger charge is -2.05. The van der Waals surface area contributed by atoms with Gasteiger partial charge in [-0.05, 0) is 36.8 Å². The number of pyridine rings is 1. The van der Waals surface area contributed by atoms with Crippen molar-refractivity contribution in [2.24, 2.45) is 0 Å². The van der Waals surface area contributed by atoms with E-state index in [2.05, 4.69) is 15.6 Å². The van der Waals surface area contributed by atoms with Gasteiger partial charge in [0.15, 0.2) is 5.69 Å². The number of nitrogens with zero attached hydrogens (tertiary/aromatic N) is 2. The first-order chi connectivity index (χ1) is 12.5. The van der Waals surface area contributed by atoms with E-state index in [-0.39, 0.29) is 17.4 Å². The molecule has 0 bridgehead atoms. The van der Waals surface area contributed by atoms with Crippen LogP contribution in [0.25, 0.3) is 5.52 Å². The van der Waals surface area contributed by atoms with Crippen molar-refractivity contribution in [1.82, 2.24) is 14.7 Å². The van der Waals surface area contributed by atoms with Gasteiger partial charge in [0.1, 0.15) is 0 Å². The Morgan fingerprint density at radius 3 is 2.54 bits per heavy atom. The second-order valence-corrected chi connectivity index (χ2v) is 6.48. The lowest BCUT2D eigenvalue weighted by molar-refractivity contribution is 0.0951. The lowest BCUT2D eigenvalue weighted by Crippen LogP contribution is -2.24. The number of aromatic nitrogens is 2. The quantitative estimate of drug-likeness (QED) is 0.690. The topological polar surface area (TPSA) is 75.5 Å². The highest BCUT2D eigenvalue weighted by Gasteiger charge is 2.21. The van der Waals surface area contributed by atoms with Gasteiger partial charge in [0, 0.05) is 28.5 Å². The molecule has 0 saturated carbocycles. The fourth-order valence-electron chi connectivity index (χ4n) is 2.50. The van der Waals surface area contributed by atoms with Gasteiger partial charge in [0.05, 0.1) is 5.52 Å². The smallest absolute Gasteiger partial charge is 0.292 e. The average molecular weight is 391 g/mol. The molecule has 8 heteroatoms. The molecule has 0 unspecified atom stereocenters. The van der Waals surface area contributed by atoms with Crippen molar-refractivity contribution in [3.05, 3.63) is 64.2 Å². The predicted octanol–water partition coefficient (Wildman–Crippen LogP) is 4.03. The van der Waals surface area contributed by atoms with Gasteiger partial charge in [-0.2, -0.15) is 0 Å². The molecule has 26 heavy (non-hydrogen) atoms. The Labute approximate surface area is 160 Å². The van der Waals surface area contributed by atoms with Gasteiger partial charge in [0.2, 0.25) is 5.82 Å². The fourth-order valence-corrected chi connectivity index (χ4v) is 3.03. The number of fused-ring (bicyclic) bond motifs is 1. The van der Waals surface area contributed by atoms with Crippen LogP contribution in [0.3, 0.4) is 0 Å². The number of anilines is 1. The zero-order chi connectivity index (χ0) is 18.7. The van der Waals surface area contributed by atoms with E-state index < -0.39 is 5.91 Å². The summed E-state index contributed by atoms with van der Waals surface area (Å²) in [5.74, 6) is -0.696. The van der Waals surface area contributed by atoms with Gasteiger partial charge in [-0.15, -0.1) is 0 Å². The van der Waals surface area contributed by atoms with Crippen LogP contribution in [-0.2, 0) is 0 Å². The molecule has 0 aliphatic rings. The van der Waals surface area contributed by atoms with Gasteiger partial charge in [-0.1, -0.05) is 36.2 Å². The van der Waals surface area contributed by atoms with Crippen LogP contribution in [0, 0.1) is 0 Å². The predicted molar refractivity (Wildman–Crippen MR) is 102 cm³/mol. The second-order valence-electron chi connectivity index (χ2n) is 5.61. The fraction of sp³-hybridized carbons (Fsp3) is 0.167. The molecule has 0 atom stereocenters. The highest BCUT2D eigenvalue weighted by Crippen LogP contribution is 2.23. The number of rotatable bonds is 5. The summed E-state index contributed by atoms with van der Waals surface area (Å²) in [5, 5.41) is 6.29. The minimum atomic E-state index is -0.473. The van der Waals surface area contributed by atoms with Crippen molar-refractivity contribution in [3.63, 3.8) is 0 Å². The zero-order valence-electron chi connectivity index (χ0n) is 13.9. The van der Waals surface area contributed by atoms with E-state index in [9.17, 15) is 9.59 Å². The highest BCUT2D eigenvalue weighted by atomic mass is 35.5. The van der Waals surface area contributed by atoms with E-state index in [4.69, 9.17) is 23.2 Å². The summed E-state index contributed by atoms with van der Waals surface area (Å²) >= 11 is 11.9. The van der Waals surface area contributed by atoms with Crippen LogP contribution in [0.2, 0.25) is 10.0 Å². The summed E-state index contributed by atoms with van der Waals surface area (Å²) in [7, 11) is 0. The molecule has 0 radical (unpaired) electrons. The first-order valence-corrected chi connectivity index (χ1v) is 8.78. The van der Waals surface area contributed by atoms with Crippen LogP contribution in [0.15, 0.2) is 42.6 Å². The number of imidazole rings is 1. The number of hydrogen-bond acceptors (Lipinski definition) is 3. The Morgan fingerprint density at radius 2 is 1.85 bits per heavy atom. The Balaban J connectivity index is 1.96. The van der Waals surface area contributed by atoms with Crippen LogP contribution in [-0.4, -0.2) is 27.7 Å². The van der Waals surface area contributed by atoms with Crippen molar-refractivity contribution in [1.29, 1.82) is 0 Å². The molecule has 6 nitrogen and oxygen atoms in total. The second kappa shape index (κ2) is 7.76. The van der Waals surface area contributed by atoms with E-state index in [0.717, 1.165) is 6.42 Å². The SMILES string of the molecule is CCCNC(=O)c1nc(C(=O)Nc2cc(Cl)cc(Cl)c2)n2ccccc12. The third-order valence-corrected chi connectivity index (χ3v) is 4.06. The van der Waals surface area contributed by atoms with Crippen LogP contribution in [0.1, 0.15) is 34.5 Å². The molecule has 0 saturated heterocycles. The van der Waals surface area contributed by atoms with E-state index in [1.807, 2.05) is 6.92 Å². The van der Waals surface area contributed by atoms with Crippen molar-refractivity contribution in [2.45, 2.75) is 13.3 Å². The maximum Gasteiger partial charge on any atom is 0.292 e. The molecule has 2 N–H and O–H groups in total. The van der Waals surface area contributed by atoms with Gasteiger partial charge in [-0.3, -0.25) is 14.0 Å². The van der Waals surface area contributed by atoms with Crippen molar-refractivity contribution in [2.75, 3.05) is 11.9 Å². The van der Waals surface area contributed by atoms with Crippen LogP contribution >= 0.6 is 23.2 Å². The number of halogens is 2. The average Bonchev–Trinajstić information content (AvgIpc) is 2.98. The Kier molecular flexibility index (Phi) is 5.44. The lowest BCUT2D eigenvalue weighted by atomic mass is 10.3. The Hall–Kier alpha value is -2.57. The van der Waals surface area contributed by atoms with Crippen molar-refractivity contribution >= 4 is 46.2 Å². The largest absolute Gasteiger partial charge is 0.351 e. The van der Waals surface area contributed by atoms with Gasteiger partial charge >= 0.3 is 0 Å². The molecule has 2 aromatic heterocycles.